The monoisotopic (exact) mass is 393 g/mol. The summed E-state index contributed by atoms with van der Waals surface area (Å²) in [5.74, 6) is 1.87. The van der Waals surface area contributed by atoms with Crippen LogP contribution in [0.25, 0.3) is 22.2 Å². The highest BCUT2D eigenvalue weighted by Crippen LogP contribution is 2.33. The minimum atomic E-state index is 0.0431. The van der Waals surface area contributed by atoms with Gasteiger partial charge in [-0.05, 0) is 30.4 Å². The van der Waals surface area contributed by atoms with E-state index in [0.717, 1.165) is 49.9 Å². The second kappa shape index (κ2) is 7.53. The highest BCUT2D eigenvalue weighted by atomic mass is 16.5. The van der Waals surface area contributed by atoms with Crippen LogP contribution < -0.4 is 5.32 Å². The van der Waals surface area contributed by atoms with Gasteiger partial charge in [-0.25, -0.2) is 9.97 Å². The van der Waals surface area contributed by atoms with Gasteiger partial charge in [0, 0.05) is 49.8 Å². The Balaban J connectivity index is 1.26. The van der Waals surface area contributed by atoms with Crippen LogP contribution in [0.1, 0.15) is 18.7 Å². The third-order valence-electron chi connectivity index (χ3n) is 5.77. The number of amides is 1. The van der Waals surface area contributed by atoms with E-state index in [-0.39, 0.29) is 11.8 Å². The topological polar surface area (TPSA) is 93.4 Å². The van der Waals surface area contributed by atoms with Crippen molar-refractivity contribution in [3.05, 3.63) is 36.6 Å². The van der Waals surface area contributed by atoms with E-state index in [9.17, 15) is 4.79 Å². The first-order valence-corrected chi connectivity index (χ1v) is 9.97. The third-order valence-corrected chi connectivity index (χ3v) is 5.77. The van der Waals surface area contributed by atoms with Crippen molar-refractivity contribution in [3.8, 4) is 11.5 Å². The molecule has 2 fully saturated rings. The standard InChI is InChI=1S/C21H23N5O3/c1-13-22-12-19(29-13)18-8-14-9-20(24-11-16(14)10-23-18)25-21(27)15-6-17(7-15)26-2-4-28-5-3-26/h8-12,15,17H,2-7H2,1H3,(H,24,25,27). The van der Waals surface area contributed by atoms with E-state index in [1.807, 2.05) is 12.1 Å². The second-order valence-electron chi connectivity index (χ2n) is 7.69. The van der Waals surface area contributed by atoms with E-state index in [1.165, 1.54) is 0 Å². The predicted molar refractivity (Wildman–Crippen MR) is 107 cm³/mol. The highest BCUT2D eigenvalue weighted by molar-refractivity contribution is 5.95. The number of rotatable bonds is 4. The number of hydrogen-bond acceptors (Lipinski definition) is 7. The first-order valence-electron chi connectivity index (χ1n) is 9.97. The molecule has 1 saturated heterocycles. The molecule has 8 nitrogen and oxygen atoms in total. The molecule has 8 heteroatoms. The molecule has 1 aliphatic heterocycles. The molecule has 0 unspecified atom stereocenters. The molecule has 3 aromatic heterocycles. The number of oxazole rings is 1. The van der Waals surface area contributed by atoms with E-state index < -0.39 is 0 Å². The molecule has 1 amide bonds. The van der Waals surface area contributed by atoms with Gasteiger partial charge >= 0.3 is 0 Å². The van der Waals surface area contributed by atoms with Gasteiger partial charge in [0.15, 0.2) is 11.7 Å². The zero-order chi connectivity index (χ0) is 19.8. The predicted octanol–water partition coefficient (Wildman–Crippen LogP) is 2.64. The summed E-state index contributed by atoms with van der Waals surface area (Å²) in [6.45, 7) is 5.31. The first kappa shape index (κ1) is 18.2. The molecule has 4 heterocycles. The number of fused-ring (bicyclic) bond motifs is 1. The van der Waals surface area contributed by atoms with Crippen LogP contribution in [-0.4, -0.2) is 58.1 Å². The maximum Gasteiger partial charge on any atom is 0.228 e. The number of pyridine rings is 2. The van der Waals surface area contributed by atoms with E-state index in [2.05, 4.69) is 25.2 Å². The highest BCUT2D eigenvalue weighted by Gasteiger charge is 2.38. The number of carbonyl (C=O) groups is 1. The molecular formula is C21H23N5O3. The van der Waals surface area contributed by atoms with Crippen molar-refractivity contribution < 1.29 is 13.9 Å². The Bertz CT molecular complexity index is 1040. The maximum absolute atomic E-state index is 12.6. The normalized spacial score (nSPS) is 22.4. The summed E-state index contributed by atoms with van der Waals surface area (Å²) in [7, 11) is 0. The molecule has 0 aromatic carbocycles. The molecule has 1 N–H and O–H groups in total. The molecule has 150 valence electrons. The number of nitrogens with zero attached hydrogens (tertiary/aromatic N) is 4. The first-order chi connectivity index (χ1) is 14.2. The van der Waals surface area contributed by atoms with Crippen LogP contribution >= 0.6 is 0 Å². The van der Waals surface area contributed by atoms with Crippen LogP contribution in [0.4, 0.5) is 5.82 Å². The van der Waals surface area contributed by atoms with Crippen molar-refractivity contribution in [3.63, 3.8) is 0 Å². The summed E-state index contributed by atoms with van der Waals surface area (Å²) in [5, 5.41) is 4.81. The number of morpholine rings is 1. The Morgan fingerprint density at radius 3 is 2.62 bits per heavy atom. The quantitative estimate of drug-likeness (QED) is 0.728. The molecule has 1 saturated carbocycles. The van der Waals surface area contributed by atoms with Gasteiger partial charge in [-0.3, -0.25) is 14.7 Å². The lowest BCUT2D eigenvalue weighted by Gasteiger charge is -2.43. The van der Waals surface area contributed by atoms with Crippen molar-refractivity contribution in [2.45, 2.75) is 25.8 Å². The summed E-state index contributed by atoms with van der Waals surface area (Å²) in [6, 6.07) is 4.29. The Hall–Kier alpha value is -2.84. The molecule has 0 bridgehead atoms. The number of nitrogens with one attached hydrogen (secondary N) is 1. The summed E-state index contributed by atoms with van der Waals surface area (Å²) < 4.78 is 11.0. The fraction of sp³-hybridized carbons (Fsp3) is 0.429. The fourth-order valence-electron chi connectivity index (χ4n) is 3.99. The molecule has 1 aliphatic carbocycles. The van der Waals surface area contributed by atoms with Crippen molar-refractivity contribution >= 4 is 22.5 Å². The number of carbonyl (C=O) groups excluding carboxylic acids is 1. The zero-order valence-electron chi connectivity index (χ0n) is 16.3. The number of hydrogen-bond donors (Lipinski definition) is 1. The smallest absolute Gasteiger partial charge is 0.228 e. The number of ether oxygens (including phenoxy) is 1. The minimum absolute atomic E-state index is 0.0431. The average molecular weight is 393 g/mol. The van der Waals surface area contributed by atoms with Crippen molar-refractivity contribution in [1.82, 2.24) is 19.9 Å². The van der Waals surface area contributed by atoms with Crippen LogP contribution in [0.2, 0.25) is 0 Å². The van der Waals surface area contributed by atoms with Gasteiger partial charge in [-0.1, -0.05) is 0 Å². The van der Waals surface area contributed by atoms with Crippen molar-refractivity contribution in [1.29, 1.82) is 0 Å². The lowest BCUT2D eigenvalue weighted by atomic mass is 9.78. The SMILES string of the molecule is Cc1ncc(-c2cc3cc(NC(=O)C4CC(N5CCOCC5)C4)ncc3cn2)o1. The molecule has 2 aliphatic rings. The number of anilines is 1. The Labute approximate surface area is 168 Å². The summed E-state index contributed by atoms with van der Waals surface area (Å²) in [6.07, 6.45) is 6.94. The van der Waals surface area contributed by atoms with Crippen LogP contribution in [0.5, 0.6) is 0 Å². The van der Waals surface area contributed by atoms with E-state index in [1.54, 1.807) is 25.5 Å². The molecule has 0 atom stereocenters. The van der Waals surface area contributed by atoms with Crippen LogP contribution in [0.3, 0.4) is 0 Å². The molecular weight excluding hydrogens is 370 g/mol. The summed E-state index contributed by atoms with van der Waals surface area (Å²) >= 11 is 0. The maximum atomic E-state index is 12.6. The molecule has 0 spiro atoms. The average Bonchev–Trinajstić information content (AvgIpc) is 3.13. The minimum Gasteiger partial charge on any atom is -0.439 e. The van der Waals surface area contributed by atoms with Gasteiger partial charge in [0.25, 0.3) is 0 Å². The fourth-order valence-corrected chi connectivity index (χ4v) is 3.99. The van der Waals surface area contributed by atoms with Gasteiger partial charge in [0.2, 0.25) is 5.91 Å². The molecule has 5 rings (SSSR count). The summed E-state index contributed by atoms with van der Waals surface area (Å²) in [5.41, 5.74) is 0.703. The lowest BCUT2D eigenvalue weighted by molar-refractivity contribution is -0.125. The third kappa shape index (κ3) is 3.73. The number of aromatic nitrogens is 3. The van der Waals surface area contributed by atoms with E-state index in [0.29, 0.717) is 29.2 Å². The molecule has 0 radical (unpaired) electrons. The Kier molecular flexibility index (Phi) is 4.73. The van der Waals surface area contributed by atoms with Gasteiger partial charge in [0.1, 0.15) is 11.5 Å². The van der Waals surface area contributed by atoms with Crippen LogP contribution in [0.15, 0.2) is 35.1 Å². The van der Waals surface area contributed by atoms with Crippen molar-refractivity contribution in [2.24, 2.45) is 5.92 Å². The Morgan fingerprint density at radius 1 is 1.07 bits per heavy atom. The summed E-state index contributed by atoms with van der Waals surface area (Å²) in [4.78, 5) is 27.9. The lowest BCUT2D eigenvalue weighted by Crippen LogP contribution is -2.52. The van der Waals surface area contributed by atoms with E-state index in [4.69, 9.17) is 9.15 Å². The number of aryl methyl sites for hydroxylation is 1. The second-order valence-corrected chi connectivity index (χ2v) is 7.69. The van der Waals surface area contributed by atoms with Gasteiger partial charge < -0.3 is 14.5 Å². The molecule has 29 heavy (non-hydrogen) atoms. The van der Waals surface area contributed by atoms with Crippen LogP contribution in [-0.2, 0) is 9.53 Å². The largest absolute Gasteiger partial charge is 0.439 e. The van der Waals surface area contributed by atoms with Gasteiger partial charge in [-0.15, -0.1) is 0 Å². The van der Waals surface area contributed by atoms with Crippen LogP contribution in [0, 0.1) is 12.8 Å². The van der Waals surface area contributed by atoms with E-state index >= 15 is 0 Å². The van der Waals surface area contributed by atoms with Crippen molar-refractivity contribution in [2.75, 3.05) is 31.6 Å². The van der Waals surface area contributed by atoms with Gasteiger partial charge in [-0.2, -0.15) is 0 Å². The van der Waals surface area contributed by atoms with Gasteiger partial charge in [0.05, 0.1) is 19.4 Å². The molecule has 3 aromatic rings. The Morgan fingerprint density at radius 2 is 1.86 bits per heavy atom. The zero-order valence-corrected chi connectivity index (χ0v) is 16.3.